The van der Waals surface area contributed by atoms with E-state index in [-0.39, 0.29) is 12.5 Å². The predicted molar refractivity (Wildman–Crippen MR) is 60.7 cm³/mol. The summed E-state index contributed by atoms with van der Waals surface area (Å²) in [6.45, 7) is 4.12. The molecule has 0 radical (unpaired) electrons. The second kappa shape index (κ2) is 6.47. The van der Waals surface area contributed by atoms with Gasteiger partial charge in [0.2, 0.25) is 0 Å². The van der Waals surface area contributed by atoms with Crippen LogP contribution in [0.1, 0.15) is 40.9 Å². The Morgan fingerprint density at radius 1 is 1.29 bits per heavy atom. The SMILES string of the molecule is [2H][C@@H](CCCC)[C@@H](C)Oc1ccccc1. The summed E-state index contributed by atoms with van der Waals surface area (Å²) in [6, 6.07) is 9.74. The Labute approximate surface area is 88.5 Å². The van der Waals surface area contributed by atoms with E-state index in [4.69, 9.17) is 6.11 Å². The minimum absolute atomic E-state index is 0.0288. The summed E-state index contributed by atoms with van der Waals surface area (Å²) < 4.78 is 13.6. The molecule has 0 aromatic heterocycles. The molecule has 0 aliphatic heterocycles. The van der Waals surface area contributed by atoms with Crippen LogP contribution in [0.2, 0.25) is 0 Å². The normalized spacial score (nSPS) is 15.7. The molecule has 1 rings (SSSR count). The van der Waals surface area contributed by atoms with Crippen molar-refractivity contribution in [3.05, 3.63) is 30.3 Å². The summed E-state index contributed by atoms with van der Waals surface area (Å²) in [5, 5.41) is 0. The van der Waals surface area contributed by atoms with Crippen LogP contribution < -0.4 is 4.74 Å². The maximum atomic E-state index is 7.91. The van der Waals surface area contributed by atoms with Crippen molar-refractivity contribution in [1.82, 2.24) is 0 Å². The number of rotatable bonds is 6. The van der Waals surface area contributed by atoms with Crippen LogP contribution in [0.15, 0.2) is 30.3 Å². The summed E-state index contributed by atoms with van der Waals surface area (Å²) in [5.74, 6) is 0.860. The highest BCUT2D eigenvalue weighted by molar-refractivity contribution is 5.21. The molecular weight excluding hydrogens is 172 g/mol. The third-order valence-electron chi connectivity index (χ3n) is 2.12. The molecule has 0 spiro atoms. The van der Waals surface area contributed by atoms with Gasteiger partial charge in [0.15, 0.2) is 0 Å². The van der Waals surface area contributed by atoms with Crippen molar-refractivity contribution in [3.8, 4) is 5.75 Å². The predicted octanol–water partition coefficient (Wildman–Crippen LogP) is 4.03. The monoisotopic (exact) mass is 193 g/mol. The first-order valence-electron chi connectivity index (χ1n) is 5.95. The van der Waals surface area contributed by atoms with Crippen LogP contribution in [0.4, 0.5) is 0 Å². The molecule has 0 aliphatic rings. The smallest absolute Gasteiger partial charge is 0.119 e. The van der Waals surface area contributed by atoms with Crippen LogP contribution in [0.25, 0.3) is 0 Å². The number of hydrogen-bond acceptors (Lipinski definition) is 1. The van der Waals surface area contributed by atoms with E-state index in [1.165, 1.54) is 0 Å². The molecule has 1 heteroatoms. The van der Waals surface area contributed by atoms with Crippen molar-refractivity contribution in [2.75, 3.05) is 0 Å². The Kier molecular flexibility index (Phi) is 4.42. The van der Waals surface area contributed by atoms with Gasteiger partial charge in [0.05, 0.1) is 6.10 Å². The van der Waals surface area contributed by atoms with Gasteiger partial charge in [-0.25, -0.2) is 0 Å². The van der Waals surface area contributed by atoms with Gasteiger partial charge in [-0.2, -0.15) is 0 Å². The third-order valence-corrected chi connectivity index (χ3v) is 2.12. The molecule has 0 saturated carbocycles. The average molecular weight is 193 g/mol. The maximum Gasteiger partial charge on any atom is 0.119 e. The van der Waals surface area contributed by atoms with Crippen LogP contribution in [-0.2, 0) is 0 Å². The lowest BCUT2D eigenvalue weighted by atomic mass is 10.1. The second-order valence-electron chi connectivity index (χ2n) is 3.51. The van der Waals surface area contributed by atoms with Gasteiger partial charge in [-0.3, -0.25) is 0 Å². The van der Waals surface area contributed by atoms with Gasteiger partial charge < -0.3 is 4.74 Å². The first kappa shape index (κ1) is 9.57. The zero-order chi connectivity index (χ0) is 11.1. The van der Waals surface area contributed by atoms with Crippen molar-refractivity contribution in [2.24, 2.45) is 0 Å². The third kappa shape index (κ3) is 4.31. The van der Waals surface area contributed by atoms with Crippen LogP contribution >= 0.6 is 0 Å². The van der Waals surface area contributed by atoms with Crippen LogP contribution in [-0.4, -0.2) is 6.10 Å². The largest absolute Gasteiger partial charge is 0.491 e. The molecule has 0 heterocycles. The molecule has 0 aliphatic carbocycles. The Morgan fingerprint density at radius 2 is 2.00 bits per heavy atom. The number of ether oxygens (including phenoxy) is 1. The van der Waals surface area contributed by atoms with Crippen molar-refractivity contribution in [1.29, 1.82) is 0 Å². The molecule has 0 unspecified atom stereocenters. The van der Waals surface area contributed by atoms with E-state index >= 15 is 0 Å². The van der Waals surface area contributed by atoms with Crippen LogP contribution in [0.5, 0.6) is 5.75 Å². The van der Waals surface area contributed by atoms with Gasteiger partial charge in [0, 0.05) is 1.37 Å². The van der Waals surface area contributed by atoms with Gasteiger partial charge >= 0.3 is 0 Å². The lowest BCUT2D eigenvalue weighted by Crippen LogP contribution is -2.11. The summed E-state index contributed by atoms with van der Waals surface area (Å²) in [7, 11) is 0. The number of hydrogen-bond donors (Lipinski definition) is 0. The van der Waals surface area contributed by atoms with E-state index in [0.717, 1.165) is 25.0 Å². The molecule has 1 aromatic carbocycles. The van der Waals surface area contributed by atoms with E-state index < -0.39 is 0 Å². The first-order valence-corrected chi connectivity index (χ1v) is 5.38. The lowest BCUT2D eigenvalue weighted by Gasteiger charge is -2.14. The van der Waals surface area contributed by atoms with Gasteiger partial charge in [-0.1, -0.05) is 38.0 Å². The van der Waals surface area contributed by atoms with E-state index in [1.54, 1.807) is 0 Å². The zero-order valence-electron chi connectivity index (χ0n) is 10.1. The number of benzene rings is 1. The Balaban J connectivity index is 2.38. The highest BCUT2D eigenvalue weighted by Crippen LogP contribution is 2.13. The van der Waals surface area contributed by atoms with Crippen molar-refractivity contribution >= 4 is 0 Å². The van der Waals surface area contributed by atoms with Crippen LogP contribution in [0.3, 0.4) is 0 Å². The molecule has 78 valence electrons. The number of para-hydroxylation sites is 1. The minimum Gasteiger partial charge on any atom is -0.491 e. The highest BCUT2D eigenvalue weighted by Gasteiger charge is 2.02. The lowest BCUT2D eigenvalue weighted by molar-refractivity contribution is 0.206. The molecule has 1 aromatic rings. The quantitative estimate of drug-likeness (QED) is 0.662. The van der Waals surface area contributed by atoms with E-state index in [2.05, 4.69) is 6.92 Å². The molecule has 1 nitrogen and oxygen atoms in total. The molecule has 0 saturated heterocycles. The molecule has 0 amide bonds. The fourth-order valence-corrected chi connectivity index (χ4v) is 1.32. The standard InChI is InChI=1S/C13H20O/c1-3-4-6-9-12(2)14-13-10-7-5-8-11-13/h5,7-8,10-12H,3-4,6,9H2,1-2H3/t12-/m1/s1/i9D/t9-,12+/m0. The summed E-state index contributed by atoms with van der Waals surface area (Å²) in [4.78, 5) is 0. The summed E-state index contributed by atoms with van der Waals surface area (Å²) in [5.41, 5.74) is 0. The maximum absolute atomic E-state index is 7.91. The van der Waals surface area contributed by atoms with Crippen molar-refractivity contribution in [2.45, 2.75) is 45.6 Å². The second-order valence-corrected chi connectivity index (χ2v) is 3.51. The van der Waals surface area contributed by atoms with Gasteiger partial charge in [0.25, 0.3) is 0 Å². The Hall–Kier alpha value is -0.980. The summed E-state index contributed by atoms with van der Waals surface area (Å²) in [6.07, 6.45) is 3.03. The van der Waals surface area contributed by atoms with Crippen molar-refractivity contribution in [3.63, 3.8) is 0 Å². The van der Waals surface area contributed by atoms with Crippen molar-refractivity contribution < 1.29 is 6.11 Å². The van der Waals surface area contributed by atoms with E-state index in [1.807, 2.05) is 37.3 Å². The van der Waals surface area contributed by atoms with Crippen LogP contribution in [0, 0.1) is 0 Å². The first-order chi connectivity index (χ1) is 7.24. The zero-order valence-corrected chi connectivity index (χ0v) is 9.07. The highest BCUT2D eigenvalue weighted by atomic mass is 16.5. The Morgan fingerprint density at radius 3 is 2.64 bits per heavy atom. The Bertz CT molecular complexity index is 260. The molecule has 0 fully saturated rings. The van der Waals surface area contributed by atoms with Gasteiger partial charge in [-0.05, 0) is 31.9 Å². The number of unbranched alkanes of at least 4 members (excludes halogenated alkanes) is 1. The fourth-order valence-electron chi connectivity index (χ4n) is 1.32. The molecular formula is C13H20O. The fraction of sp³-hybridized carbons (Fsp3) is 0.538. The minimum atomic E-state index is -0.120. The molecule has 0 bridgehead atoms. The topological polar surface area (TPSA) is 9.23 Å². The van der Waals surface area contributed by atoms with Gasteiger partial charge in [-0.15, -0.1) is 0 Å². The molecule has 2 atom stereocenters. The van der Waals surface area contributed by atoms with E-state index in [0.29, 0.717) is 0 Å². The molecule has 0 N–H and O–H groups in total. The average Bonchev–Trinajstić information content (AvgIpc) is 2.27. The van der Waals surface area contributed by atoms with Gasteiger partial charge in [0.1, 0.15) is 5.75 Å². The summed E-state index contributed by atoms with van der Waals surface area (Å²) >= 11 is 0. The van der Waals surface area contributed by atoms with E-state index in [9.17, 15) is 0 Å². The molecule has 14 heavy (non-hydrogen) atoms.